The number of ketones is 1. The Morgan fingerprint density at radius 3 is 2.68 bits per heavy atom. The van der Waals surface area contributed by atoms with Gasteiger partial charge in [-0.25, -0.2) is 0 Å². The van der Waals surface area contributed by atoms with E-state index in [1.54, 1.807) is 0 Å². The first-order chi connectivity index (χ1) is 10.4. The van der Waals surface area contributed by atoms with Crippen LogP contribution in [0.3, 0.4) is 0 Å². The monoisotopic (exact) mass is 304 g/mol. The normalized spacial score (nSPS) is 62.7. The van der Waals surface area contributed by atoms with E-state index in [1.165, 1.54) is 19.3 Å². The van der Waals surface area contributed by atoms with E-state index in [2.05, 4.69) is 13.8 Å². The maximum atomic E-state index is 12.1. The SMILES string of the molecule is C[C@]12CCC3C(CCC45OC4C(=O)CC[C@]35C)C1CC[C@@H]2O. The van der Waals surface area contributed by atoms with Gasteiger partial charge in [-0.15, -0.1) is 0 Å². The van der Waals surface area contributed by atoms with Crippen molar-refractivity contribution >= 4 is 5.78 Å². The first-order valence-corrected chi connectivity index (χ1v) is 9.31. The summed E-state index contributed by atoms with van der Waals surface area (Å²) in [5, 5.41) is 10.5. The van der Waals surface area contributed by atoms with E-state index in [9.17, 15) is 9.90 Å². The number of epoxide rings is 1. The molecule has 0 aromatic heterocycles. The molecule has 1 saturated heterocycles. The molecule has 1 heterocycles. The van der Waals surface area contributed by atoms with Gasteiger partial charge in [-0.2, -0.15) is 0 Å². The maximum Gasteiger partial charge on any atom is 0.164 e. The average Bonchev–Trinajstić information content (AvgIpc) is 3.17. The zero-order valence-corrected chi connectivity index (χ0v) is 13.8. The van der Waals surface area contributed by atoms with Crippen molar-refractivity contribution < 1.29 is 14.6 Å². The molecule has 5 unspecified atom stereocenters. The summed E-state index contributed by atoms with van der Waals surface area (Å²) in [6, 6.07) is 0. The zero-order chi connectivity index (χ0) is 15.3. The standard InChI is InChI=1S/C19H28O3/c1-17-8-6-13-11(12(17)3-4-15(17)21)5-10-19-16(22-19)14(20)7-9-18(13,19)2/h11-13,15-16,21H,3-10H2,1-2H3/t11?,12?,13?,15-,16?,17-,18+,19?/m0/s1. The molecule has 0 aromatic rings. The van der Waals surface area contributed by atoms with Crippen molar-refractivity contribution in [1.82, 2.24) is 0 Å². The van der Waals surface area contributed by atoms with Crippen LogP contribution in [0.1, 0.15) is 65.2 Å². The number of carbonyl (C=O) groups is 1. The number of rotatable bonds is 0. The quantitative estimate of drug-likeness (QED) is 0.700. The third-order valence-corrected chi connectivity index (χ3v) is 8.90. The minimum absolute atomic E-state index is 0.0744. The van der Waals surface area contributed by atoms with E-state index >= 15 is 0 Å². The number of aliphatic hydroxyl groups excluding tert-OH is 1. The van der Waals surface area contributed by atoms with Gasteiger partial charge in [0.1, 0.15) is 11.7 Å². The van der Waals surface area contributed by atoms with E-state index < -0.39 is 0 Å². The Balaban J connectivity index is 1.51. The van der Waals surface area contributed by atoms with Crippen molar-refractivity contribution in [2.24, 2.45) is 28.6 Å². The van der Waals surface area contributed by atoms with Crippen LogP contribution in [0.4, 0.5) is 0 Å². The van der Waals surface area contributed by atoms with Crippen LogP contribution in [-0.4, -0.2) is 28.7 Å². The summed E-state index contributed by atoms with van der Waals surface area (Å²) < 4.78 is 6.09. The van der Waals surface area contributed by atoms with Crippen LogP contribution in [0.5, 0.6) is 0 Å². The van der Waals surface area contributed by atoms with Gasteiger partial charge in [0.05, 0.1) is 6.10 Å². The van der Waals surface area contributed by atoms with E-state index in [0.29, 0.717) is 17.6 Å². The molecule has 5 rings (SSSR count). The largest absolute Gasteiger partial charge is 0.393 e. The molecule has 122 valence electrons. The van der Waals surface area contributed by atoms with Crippen molar-refractivity contribution in [2.75, 3.05) is 0 Å². The van der Waals surface area contributed by atoms with Gasteiger partial charge in [0, 0.05) is 11.8 Å². The highest BCUT2D eigenvalue weighted by Gasteiger charge is 2.76. The number of hydrogen-bond donors (Lipinski definition) is 1. The highest BCUT2D eigenvalue weighted by Crippen LogP contribution is 2.72. The Bertz CT molecular complexity index is 545. The van der Waals surface area contributed by atoms with Crippen molar-refractivity contribution in [3.63, 3.8) is 0 Å². The summed E-state index contributed by atoms with van der Waals surface area (Å²) in [6.07, 6.45) is 8.42. The zero-order valence-electron chi connectivity index (χ0n) is 13.8. The third-order valence-electron chi connectivity index (χ3n) is 8.90. The first kappa shape index (κ1) is 14.0. The topological polar surface area (TPSA) is 49.8 Å². The van der Waals surface area contributed by atoms with Gasteiger partial charge >= 0.3 is 0 Å². The van der Waals surface area contributed by atoms with Gasteiger partial charge in [-0.3, -0.25) is 4.79 Å². The second-order valence-electron chi connectivity index (χ2n) is 9.32. The summed E-state index contributed by atoms with van der Waals surface area (Å²) >= 11 is 0. The number of ether oxygens (including phenoxy) is 1. The molecule has 8 atom stereocenters. The molecule has 0 radical (unpaired) electrons. The summed E-state index contributed by atoms with van der Waals surface area (Å²) in [7, 11) is 0. The number of carbonyl (C=O) groups excluding carboxylic acids is 1. The van der Waals surface area contributed by atoms with Gasteiger partial charge in [0.15, 0.2) is 5.78 Å². The Kier molecular flexibility index (Phi) is 2.52. The molecule has 1 aliphatic heterocycles. The molecule has 22 heavy (non-hydrogen) atoms. The molecule has 3 nitrogen and oxygen atoms in total. The Morgan fingerprint density at radius 1 is 1.05 bits per heavy atom. The maximum absolute atomic E-state index is 12.1. The average molecular weight is 304 g/mol. The van der Waals surface area contributed by atoms with Gasteiger partial charge in [-0.1, -0.05) is 13.8 Å². The number of Topliss-reactive ketones (excluding diaryl/α,β-unsaturated/α-hetero) is 1. The van der Waals surface area contributed by atoms with Crippen molar-refractivity contribution in [3.8, 4) is 0 Å². The van der Waals surface area contributed by atoms with Gasteiger partial charge < -0.3 is 9.84 Å². The fourth-order valence-electron chi connectivity index (χ4n) is 7.47. The van der Waals surface area contributed by atoms with Crippen LogP contribution in [0.2, 0.25) is 0 Å². The molecule has 4 aliphatic carbocycles. The van der Waals surface area contributed by atoms with Crippen molar-refractivity contribution in [3.05, 3.63) is 0 Å². The molecule has 5 aliphatic rings. The van der Waals surface area contributed by atoms with Crippen molar-refractivity contribution in [1.29, 1.82) is 0 Å². The molecule has 1 spiro atoms. The summed E-state index contributed by atoms with van der Waals surface area (Å²) in [5.41, 5.74) is 0.244. The Labute approximate surface area is 132 Å². The van der Waals surface area contributed by atoms with Gasteiger partial charge in [0.25, 0.3) is 0 Å². The number of hydrogen-bond acceptors (Lipinski definition) is 3. The summed E-state index contributed by atoms with van der Waals surface area (Å²) in [4.78, 5) is 12.1. The Morgan fingerprint density at radius 2 is 1.86 bits per heavy atom. The van der Waals surface area contributed by atoms with Gasteiger partial charge in [-0.05, 0) is 68.1 Å². The Hall–Kier alpha value is -0.410. The molecule has 0 amide bonds. The molecule has 5 fully saturated rings. The lowest BCUT2D eigenvalue weighted by atomic mass is 9.45. The molecule has 3 heteroatoms. The highest BCUT2D eigenvalue weighted by atomic mass is 16.6. The van der Waals surface area contributed by atoms with Crippen molar-refractivity contribution in [2.45, 2.75) is 83.0 Å². The summed E-state index contributed by atoms with van der Waals surface area (Å²) in [5.74, 6) is 2.48. The second-order valence-corrected chi connectivity index (χ2v) is 9.32. The van der Waals surface area contributed by atoms with Crippen LogP contribution in [0, 0.1) is 28.6 Å². The highest BCUT2D eigenvalue weighted by molar-refractivity contribution is 5.88. The smallest absolute Gasteiger partial charge is 0.164 e. The molecule has 0 bridgehead atoms. The lowest BCUT2D eigenvalue weighted by Gasteiger charge is -2.59. The predicted octanol–water partition coefficient (Wildman–Crippen LogP) is 3.09. The van der Waals surface area contributed by atoms with E-state index in [4.69, 9.17) is 4.74 Å². The molecular weight excluding hydrogens is 276 g/mol. The van der Waals surface area contributed by atoms with Crippen LogP contribution in [0.25, 0.3) is 0 Å². The number of aliphatic hydroxyl groups is 1. The molecule has 0 aromatic carbocycles. The van der Waals surface area contributed by atoms with E-state index in [0.717, 1.165) is 38.0 Å². The summed E-state index contributed by atoms with van der Waals surface area (Å²) in [6.45, 7) is 4.75. The third kappa shape index (κ3) is 1.36. The first-order valence-electron chi connectivity index (χ1n) is 9.31. The minimum Gasteiger partial charge on any atom is -0.393 e. The number of fused-ring (bicyclic) bond motifs is 4. The van der Waals surface area contributed by atoms with E-state index in [1.807, 2.05) is 0 Å². The van der Waals surface area contributed by atoms with E-state index in [-0.39, 0.29) is 28.6 Å². The van der Waals surface area contributed by atoms with Crippen LogP contribution in [0.15, 0.2) is 0 Å². The lowest BCUT2D eigenvalue weighted by molar-refractivity contribution is -0.133. The molecule has 4 saturated carbocycles. The molecular formula is C19H28O3. The predicted molar refractivity (Wildman–Crippen MR) is 82.2 cm³/mol. The fraction of sp³-hybridized carbons (Fsp3) is 0.947. The lowest BCUT2D eigenvalue weighted by Crippen LogP contribution is -2.58. The minimum atomic E-state index is -0.103. The second kappa shape index (κ2) is 3.97. The fourth-order valence-corrected chi connectivity index (χ4v) is 7.47. The van der Waals surface area contributed by atoms with Crippen LogP contribution in [-0.2, 0) is 9.53 Å². The van der Waals surface area contributed by atoms with Crippen LogP contribution < -0.4 is 0 Å². The van der Waals surface area contributed by atoms with Crippen LogP contribution >= 0.6 is 0 Å². The van der Waals surface area contributed by atoms with Gasteiger partial charge in [0.2, 0.25) is 0 Å². The molecule has 1 N–H and O–H groups in total.